The van der Waals surface area contributed by atoms with Gasteiger partial charge in [-0.25, -0.2) is 4.79 Å². The van der Waals surface area contributed by atoms with Crippen molar-refractivity contribution < 1.29 is 13.6 Å². The van der Waals surface area contributed by atoms with Crippen LogP contribution in [-0.2, 0) is 24.4 Å². The smallest absolute Gasteiger partial charge is 0.419 e. The largest absolute Gasteiger partial charge is 0.467 e. The van der Waals surface area contributed by atoms with Crippen molar-refractivity contribution in [2.24, 2.45) is 0 Å². The van der Waals surface area contributed by atoms with Crippen LogP contribution in [0.25, 0.3) is 11.1 Å². The summed E-state index contributed by atoms with van der Waals surface area (Å²) in [7, 11) is 0. The second-order valence-electron chi connectivity index (χ2n) is 6.55. The molecule has 0 aliphatic rings. The topological polar surface area (TPSA) is 68.6 Å². The Morgan fingerprint density at radius 2 is 1.71 bits per heavy atom. The van der Waals surface area contributed by atoms with Gasteiger partial charge in [0.2, 0.25) is 5.91 Å². The highest BCUT2D eigenvalue weighted by Crippen LogP contribution is 2.15. The van der Waals surface area contributed by atoms with E-state index in [9.17, 15) is 9.59 Å². The SMILES string of the molecule is O=C(CCn1c(=O)oc2ccccc21)N(Cc1ccccc1)Cc1ccco1. The van der Waals surface area contributed by atoms with E-state index in [1.54, 1.807) is 23.3 Å². The number of hydrogen-bond donors (Lipinski definition) is 0. The predicted molar refractivity (Wildman–Crippen MR) is 104 cm³/mol. The first-order valence-electron chi connectivity index (χ1n) is 9.13. The zero-order valence-electron chi connectivity index (χ0n) is 15.3. The summed E-state index contributed by atoms with van der Waals surface area (Å²) in [4.78, 5) is 26.8. The number of para-hydroxylation sites is 2. The molecule has 2 aromatic heterocycles. The Bertz CT molecular complexity index is 1110. The fourth-order valence-electron chi connectivity index (χ4n) is 3.22. The molecule has 2 heterocycles. The molecule has 0 bridgehead atoms. The molecule has 6 heteroatoms. The first-order chi connectivity index (χ1) is 13.7. The lowest BCUT2D eigenvalue weighted by Gasteiger charge is -2.22. The zero-order valence-corrected chi connectivity index (χ0v) is 15.3. The van der Waals surface area contributed by atoms with Crippen LogP contribution in [0.15, 0.2) is 86.6 Å². The van der Waals surface area contributed by atoms with Crippen molar-refractivity contribution >= 4 is 17.0 Å². The predicted octanol–water partition coefficient (Wildman–Crippen LogP) is 3.81. The number of furan rings is 1. The highest BCUT2D eigenvalue weighted by molar-refractivity contribution is 5.77. The molecule has 0 atom stereocenters. The summed E-state index contributed by atoms with van der Waals surface area (Å²) in [5, 5.41) is 0. The number of fused-ring (bicyclic) bond motifs is 1. The van der Waals surface area contributed by atoms with Crippen molar-refractivity contribution in [3.63, 3.8) is 0 Å². The third-order valence-corrected chi connectivity index (χ3v) is 4.62. The number of nitrogens with zero attached hydrogens (tertiary/aromatic N) is 2. The third-order valence-electron chi connectivity index (χ3n) is 4.62. The molecule has 28 heavy (non-hydrogen) atoms. The molecule has 0 fully saturated rings. The van der Waals surface area contributed by atoms with Gasteiger partial charge in [-0.05, 0) is 29.8 Å². The molecule has 0 unspecified atom stereocenters. The van der Waals surface area contributed by atoms with Crippen molar-refractivity contribution in [2.75, 3.05) is 0 Å². The van der Waals surface area contributed by atoms with E-state index < -0.39 is 5.76 Å². The fourth-order valence-corrected chi connectivity index (χ4v) is 3.22. The molecule has 142 valence electrons. The summed E-state index contributed by atoms with van der Waals surface area (Å²) < 4.78 is 12.2. The number of aryl methyl sites for hydroxylation is 1. The van der Waals surface area contributed by atoms with E-state index in [1.807, 2.05) is 54.6 Å². The summed E-state index contributed by atoms with van der Waals surface area (Å²) >= 11 is 0. The second kappa shape index (κ2) is 8.00. The minimum absolute atomic E-state index is 0.0579. The van der Waals surface area contributed by atoms with Crippen LogP contribution in [0.3, 0.4) is 0 Å². The number of carbonyl (C=O) groups is 1. The Morgan fingerprint density at radius 1 is 0.929 bits per heavy atom. The second-order valence-corrected chi connectivity index (χ2v) is 6.55. The van der Waals surface area contributed by atoms with E-state index in [4.69, 9.17) is 8.83 Å². The van der Waals surface area contributed by atoms with Crippen molar-refractivity contribution in [3.8, 4) is 0 Å². The maximum absolute atomic E-state index is 13.0. The average Bonchev–Trinajstić information content (AvgIpc) is 3.33. The van der Waals surface area contributed by atoms with Gasteiger partial charge in [-0.3, -0.25) is 9.36 Å². The Labute approximate surface area is 161 Å². The Morgan fingerprint density at radius 3 is 2.50 bits per heavy atom. The Hall–Kier alpha value is -3.54. The number of rotatable bonds is 7. The monoisotopic (exact) mass is 376 g/mol. The van der Waals surface area contributed by atoms with Crippen LogP contribution in [0.1, 0.15) is 17.7 Å². The van der Waals surface area contributed by atoms with Crippen LogP contribution in [0, 0.1) is 0 Å². The zero-order chi connectivity index (χ0) is 19.3. The first kappa shape index (κ1) is 17.9. The maximum Gasteiger partial charge on any atom is 0.419 e. The normalized spacial score (nSPS) is 11.0. The van der Waals surface area contributed by atoms with Crippen molar-refractivity contribution in [1.82, 2.24) is 9.47 Å². The van der Waals surface area contributed by atoms with Crippen LogP contribution in [0.4, 0.5) is 0 Å². The van der Waals surface area contributed by atoms with Gasteiger partial charge in [0.1, 0.15) is 5.76 Å². The minimum atomic E-state index is -0.449. The fraction of sp³-hybridized carbons (Fsp3) is 0.182. The molecule has 0 aliphatic carbocycles. The number of benzene rings is 2. The average molecular weight is 376 g/mol. The van der Waals surface area contributed by atoms with E-state index in [0.717, 1.165) is 11.3 Å². The lowest BCUT2D eigenvalue weighted by atomic mass is 10.2. The Balaban J connectivity index is 1.51. The number of carbonyl (C=O) groups excluding carboxylic acids is 1. The number of hydrogen-bond acceptors (Lipinski definition) is 4. The molecule has 6 nitrogen and oxygen atoms in total. The maximum atomic E-state index is 13.0. The molecule has 0 radical (unpaired) electrons. The van der Waals surface area contributed by atoms with Gasteiger partial charge >= 0.3 is 5.76 Å². The van der Waals surface area contributed by atoms with Crippen LogP contribution >= 0.6 is 0 Å². The third kappa shape index (κ3) is 3.91. The van der Waals surface area contributed by atoms with E-state index in [2.05, 4.69) is 0 Å². The summed E-state index contributed by atoms with van der Waals surface area (Å²) in [5.41, 5.74) is 2.26. The van der Waals surface area contributed by atoms with Crippen LogP contribution < -0.4 is 5.76 Å². The summed E-state index contributed by atoms with van der Waals surface area (Å²) in [6.07, 6.45) is 1.79. The number of amides is 1. The van der Waals surface area contributed by atoms with Gasteiger partial charge in [-0.15, -0.1) is 0 Å². The van der Waals surface area contributed by atoms with Gasteiger partial charge in [0.15, 0.2) is 5.58 Å². The molecule has 0 saturated carbocycles. The van der Waals surface area contributed by atoms with E-state index in [1.165, 1.54) is 4.57 Å². The molecule has 0 spiro atoms. The van der Waals surface area contributed by atoms with Gasteiger partial charge in [0.05, 0.1) is 18.3 Å². The highest BCUT2D eigenvalue weighted by atomic mass is 16.4. The standard InChI is InChI=1S/C22H20N2O4/c25-21(12-13-24-19-10-4-5-11-20(19)28-22(24)26)23(16-18-9-6-14-27-18)15-17-7-2-1-3-8-17/h1-11,14H,12-13,15-16H2. The lowest BCUT2D eigenvalue weighted by Crippen LogP contribution is -2.31. The molecular formula is C22H20N2O4. The molecule has 0 saturated heterocycles. The van der Waals surface area contributed by atoms with E-state index in [0.29, 0.717) is 24.2 Å². The quantitative estimate of drug-likeness (QED) is 0.492. The molecule has 0 aliphatic heterocycles. The van der Waals surface area contributed by atoms with Crippen molar-refractivity contribution in [1.29, 1.82) is 0 Å². The van der Waals surface area contributed by atoms with Gasteiger partial charge in [-0.2, -0.15) is 0 Å². The highest BCUT2D eigenvalue weighted by Gasteiger charge is 2.17. The number of aromatic nitrogens is 1. The molecular weight excluding hydrogens is 356 g/mol. The van der Waals surface area contributed by atoms with Gasteiger partial charge in [0, 0.05) is 19.5 Å². The molecule has 2 aromatic carbocycles. The van der Waals surface area contributed by atoms with Gasteiger partial charge < -0.3 is 13.7 Å². The van der Waals surface area contributed by atoms with E-state index >= 15 is 0 Å². The lowest BCUT2D eigenvalue weighted by molar-refractivity contribution is -0.133. The first-order valence-corrected chi connectivity index (χ1v) is 9.13. The molecule has 4 aromatic rings. The van der Waals surface area contributed by atoms with Crippen LogP contribution in [0.2, 0.25) is 0 Å². The van der Waals surface area contributed by atoms with Crippen LogP contribution in [-0.4, -0.2) is 15.4 Å². The van der Waals surface area contributed by atoms with Gasteiger partial charge in [-0.1, -0.05) is 42.5 Å². The Kier molecular flexibility index (Phi) is 5.10. The summed E-state index contributed by atoms with van der Waals surface area (Å²) in [6.45, 7) is 1.11. The van der Waals surface area contributed by atoms with Crippen LogP contribution in [0.5, 0.6) is 0 Å². The molecule has 4 rings (SSSR count). The summed E-state index contributed by atoms with van der Waals surface area (Å²) in [6, 6.07) is 20.7. The van der Waals surface area contributed by atoms with E-state index in [-0.39, 0.29) is 18.9 Å². The molecule has 0 N–H and O–H groups in total. The minimum Gasteiger partial charge on any atom is -0.467 e. The van der Waals surface area contributed by atoms with Crippen molar-refractivity contribution in [2.45, 2.75) is 26.1 Å². The summed E-state index contributed by atoms with van der Waals surface area (Å²) in [5.74, 6) is 0.210. The molecule has 1 amide bonds. The van der Waals surface area contributed by atoms with Crippen molar-refractivity contribution in [3.05, 3.63) is 94.9 Å². The van der Waals surface area contributed by atoms with Gasteiger partial charge in [0.25, 0.3) is 0 Å². The number of oxazole rings is 1.